The molecule has 0 amide bonds. The zero-order valence-electron chi connectivity index (χ0n) is 12.4. The lowest BCUT2D eigenvalue weighted by Gasteiger charge is -2.26. The monoisotopic (exact) mass is 313 g/mol. The van der Waals surface area contributed by atoms with E-state index in [4.69, 9.17) is 11.5 Å². The number of sulfone groups is 1. The highest BCUT2D eigenvalue weighted by atomic mass is 32.2. The number of anilines is 1. The molecule has 0 bridgehead atoms. The summed E-state index contributed by atoms with van der Waals surface area (Å²) in [6, 6.07) is 4.19. The van der Waals surface area contributed by atoms with Crippen LogP contribution < -0.4 is 11.5 Å². The molecule has 116 valence electrons. The maximum absolute atomic E-state index is 14.1. The summed E-state index contributed by atoms with van der Waals surface area (Å²) in [5.74, 6) is -0.598. The number of aliphatic imine (C=N–C) groups is 1. The van der Waals surface area contributed by atoms with Gasteiger partial charge in [-0.3, -0.25) is 4.99 Å². The van der Waals surface area contributed by atoms with Crippen molar-refractivity contribution < 1.29 is 12.8 Å². The number of benzene rings is 1. The zero-order valence-corrected chi connectivity index (χ0v) is 13.2. The molecule has 1 aliphatic rings. The van der Waals surface area contributed by atoms with E-state index in [0.29, 0.717) is 5.69 Å². The second kappa shape index (κ2) is 4.69. The third-order valence-corrected chi connectivity index (χ3v) is 6.70. The van der Waals surface area contributed by atoms with Crippen molar-refractivity contribution in [2.24, 2.45) is 10.7 Å². The van der Waals surface area contributed by atoms with E-state index in [1.54, 1.807) is 6.92 Å². The molecule has 4 N–H and O–H groups in total. The molecular weight excluding hydrogens is 293 g/mol. The molecule has 0 aliphatic carbocycles. The standard InChI is InChI=1S/C14H20FN3O2S/c1-13(2)12(17)18-14(3,6-7-21(13,19)20)10-8-9(16)4-5-11(10)15/h4-5,8H,6-7,16H2,1-3H3,(H2,17,18)/t14-/m0/s1. The van der Waals surface area contributed by atoms with Gasteiger partial charge in [0.1, 0.15) is 16.4 Å². The number of nitrogens with zero attached hydrogens (tertiary/aromatic N) is 1. The number of halogens is 1. The summed E-state index contributed by atoms with van der Waals surface area (Å²) in [7, 11) is -3.46. The average Bonchev–Trinajstić information content (AvgIpc) is 2.43. The Bertz CT molecular complexity index is 713. The number of nitrogen functional groups attached to an aromatic ring is 1. The molecule has 1 atom stereocenters. The van der Waals surface area contributed by atoms with Crippen LogP contribution in [0, 0.1) is 5.82 Å². The van der Waals surface area contributed by atoms with Crippen molar-refractivity contribution in [3.63, 3.8) is 0 Å². The molecule has 0 fully saturated rings. The lowest BCUT2D eigenvalue weighted by atomic mass is 9.89. The fourth-order valence-corrected chi connectivity index (χ4v) is 3.90. The van der Waals surface area contributed by atoms with Crippen molar-refractivity contribution in [3.05, 3.63) is 29.6 Å². The second-order valence-electron chi connectivity index (χ2n) is 6.09. The van der Waals surface area contributed by atoms with Gasteiger partial charge in [0.2, 0.25) is 0 Å². The minimum Gasteiger partial charge on any atom is -0.399 e. The summed E-state index contributed by atoms with van der Waals surface area (Å²) in [6.45, 7) is 4.71. The van der Waals surface area contributed by atoms with Crippen molar-refractivity contribution in [2.75, 3.05) is 11.5 Å². The number of nitrogens with two attached hydrogens (primary N) is 2. The summed E-state index contributed by atoms with van der Waals surface area (Å²) in [5.41, 5.74) is 11.2. The molecular formula is C14H20FN3O2S. The topological polar surface area (TPSA) is 98.5 Å². The summed E-state index contributed by atoms with van der Waals surface area (Å²) in [5, 5.41) is 0. The Balaban J connectivity index is 2.64. The average molecular weight is 313 g/mol. The molecule has 0 unspecified atom stereocenters. The van der Waals surface area contributed by atoms with E-state index in [2.05, 4.69) is 4.99 Å². The molecule has 1 aromatic carbocycles. The minimum absolute atomic E-state index is 0.00988. The first-order valence-electron chi connectivity index (χ1n) is 6.63. The number of hydrogen-bond donors (Lipinski definition) is 2. The van der Waals surface area contributed by atoms with Crippen molar-refractivity contribution in [3.8, 4) is 0 Å². The maximum atomic E-state index is 14.1. The first-order chi connectivity index (χ1) is 9.49. The molecule has 0 saturated heterocycles. The van der Waals surface area contributed by atoms with E-state index >= 15 is 0 Å². The largest absolute Gasteiger partial charge is 0.399 e. The van der Waals surface area contributed by atoms with Crippen LogP contribution >= 0.6 is 0 Å². The Morgan fingerprint density at radius 3 is 2.48 bits per heavy atom. The third kappa shape index (κ3) is 2.50. The van der Waals surface area contributed by atoms with E-state index in [1.807, 2.05) is 0 Å². The first kappa shape index (κ1) is 15.8. The predicted molar refractivity (Wildman–Crippen MR) is 82.3 cm³/mol. The smallest absolute Gasteiger partial charge is 0.162 e. The molecule has 0 spiro atoms. The minimum atomic E-state index is -3.46. The molecule has 1 heterocycles. The van der Waals surface area contributed by atoms with E-state index in [0.717, 1.165) is 0 Å². The molecule has 2 rings (SSSR count). The molecule has 7 heteroatoms. The highest BCUT2D eigenvalue weighted by Gasteiger charge is 2.44. The Hall–Kier alpha value is -1.63. The van der Waals surface area contributed by atoms with Gasteiger partial charge in [-0.25, -0.2) is 12.8 Å². The summed E-state index contributed by atoms with van der Waals surface area (Å²) in [6.07, 6.45) is 0.153. The van der Waals surface area contributed by atoms with Gasteiger partial charge in [0.05, 0.1) is 11.3 Å². The van der Waals surface area contributed by atoms with Gasteiger partial charge in [-0.2, -0.15) is 0 Å². The van der Waals surface area contributed by atoms with Gasteiger partial charge in [-0.15, -0.1) is 0 Å². The lowest BCUT2D eigenvalue weighted by molar-refractivity contribution is 0.450. The van der Waals surface area contributed by atoms with Crippen molar-refractivity contribution >= 4 is 21.4 Å². The van der Waals surface area contributed by atoms with Crippen LogP contribution in [-0.4, -0.2) is 24.8 Å². The number of amidine groups is 1. The van der Waals surface area contributed by atoms with Crippen LogP contribution in [0.2, 0.25) is 0 Å². The van der Waals surface area contributed by atoms with Gasteiger partial charge in [0, 0.05) is 11.3 Å². The molecule has 0 saturated carbocycles. The first-order valence-corrected chi connectivity index (χ1v) is 8.28. The molecule has 0 radical (unpaired) electrons. The lowest BCUT2D eigenvalue weighted by Crippen LogP contribution is -2.45. The summed E-state index contributed by atoms with van der Waals surface area (Å²) < 4.78 is 37.5. The SMILES string of the molecule is CC1(C)C(N)=N[C@](C)(c2cc(N)ccc2F)CCS1(=O)=O. The van der Waals surface area contributed by atoms with E-state index in [1.165, 1.54) is 32.0 Å². The van der Waals surface area contributed by atoms with Gasteiger partial charge < -0.3 is 11.5 Å². The molecule has 1 aromatic rings. The van der Waals surface area contributed by atoms with Crippen LogP contribution in [0.15, 0.2) is 23.2 Å². The summed E-state index contributed by atoms with van der Waals surface area (Å²) in [4.78, 5) is 4.35. The van der Waals surface area contributed by atoms with Crippen LogP contribution in [0.1, 0.15) is 32.8 Å². The Morgan fingerprint density at radius 2 is 1.86 bits per heavy atom. The highest BCUT2D eigenvalue weighted by Crippen LogP contribution is 2.37. The molecule has 0 aromatic heterocycles. The number of hydrogen-bond acceptors (Lipinski definition) is 5. The van der Waals surface area contributed by atoms with E-state index < -0.39 is 25.9 Å². The van der Waals surface area contributed by atoms with E-state index in [-0.39, 0.29) is 23.6 Å². The van der Waals surface area contributed by atoms with Crippen molar-refractivity contribution in [1.29, 1.82) is 0 Å². The fourth-order valence-electron chi connectivity index (χ4n) is 2.35. The molecule has 21 heavy (non-hydrogen) atoms. The van der Waals surface area contributed by atoms with Crippen LogP contribution in [0.3, 0.4) is 0 Å². The Morgan fingerprint density at radius 1 is 1.24 bits per heavy atom. The van der Waals surface area contributed by atoms with E-state index in [9.17, 15) is 12.8 Å². The van der Waals surface area contributed by atoms with Crippen LogP contribution in [0.5, 0.6) is 0 Å². The van der Waals surface area contributed by atoms with Crippen LogP contribution in [0.25, 0.3) is 0 Å². The van der Waals surface area contributed by atoms with Gasteiger partial charge in [-0.1, -0.05) is 0 Å². The predicted octanol–water partition coefficient (Wildman–Crippen LogP) is 1.58. The van der Waals surface area contributed by atoms with Crippen LogP contribution in [-0.2, 0) is 15.4 Å². The van der Waals surface area contributed by atoms with Gasteiger partial charge in [0.25, 0.3) is 0 Å². The van der Waals surface area contributed by atoms with Gasteiger partial charge >= 0.3 is 0 Å². The van der Waals surface area contributed by atoms with Crippen molar-refractivity contribution in [1.82, 2.24) is 0 Å². The summed E-state index contributed by atoms with van der Waals surface area (Å²) >= 11 is 0. The van der Waals surface area contributed by atoms with Gasteiger partial charge in [-0.05, 0) is 45.4 Å². The molecule has 1 aliphatic heterocycles. The normalized spacial score (nSPS) is 27.7. The fraction of sp³-hybridized carbons (Fsp3) is 0.500. The van der Waals surface area contributed by atoms with Crippen LogP contribution in [0.4, 0.5) is 10.1 Å². The number of rotatable bonds is 1. The zero-order chi connectivity index (χ0) is 16.1. The highest BCUT2D eigenvalue weighted by molar-refractivity contribution is 7.93. The second-order valence-corrected chi connectivity index (χ2v) is 8.75. The van der Waals surface area contributed by atoms with Gasteiger partial charge in [0.15, 0.2) is 9.84 Å². The molecule has 5 nitrogen and oxygen atoms in total. The quantitative estimate of drug-likeness (QED) is 0.769. The third-order valence-electron chi connectivity index (χ3n) is 4.19. The van der Waals surface area contributed by atoms with Crippen molar-refractivity contribution in [2.45, 2.75) is 37.5 Å². The maximum Gasteiger partial charge on any atom is 0.162 e. The Labute approximate surface area is 124 Å². The Kier molecular flexibility index (Phi) is 3.52.